The predicted octanol–water partition coefficient (Wildman–Crippen LogP) is 0.250. The van der Waals surface area contributed by atoms with E-state index in [1.807, 2.05) is 24.3 Å². The van der Waals surface area contributed by atoms with Crippen LogP contribution in [0.25, 0.3) is 11.4 Å². The Kier molecular flexibility index (Phi) is 2.17. The molecule has 4 N–H and O–H groups in total. The highest BCUT2D eigenvalue weighted by Gasteiger charge is 2.09. The fourth-order valence-corrected chi connectivity index (χ4v) is 1.26. The molecule has 0 atom stereocenters. The predicted molar refractivity (Wildman–Crippen MR) is 56.6 cm³/mol. The lowest BCUT2D eigenvalue weighted by Gasteiger charge is -2.03. The third-order valence-corrected chi connectivity index (χ3v) is 2.05. The van der Waals surface area contributed by atoms with Gasteiger partial charge in [0.15, 0.2) is 5.82 Å². The van der Waals surface area contributed by atoms with Gasteiger partial charge in [0.25, 0.3) is 0 Å². The first-order valence-corrected chi connectivity index (χ1v) is 4.33. The summed E-state index contributed by atoms with van der Waals surface area (Å²) >= 11 is 0. The SMILES string of the molecule is COc1cccc(-c2nnc(N)n2N)c1. The molecule has 0 bridgehead atoms. The first kappa shape index (κ1) is 9.32. The monoisotopic (exact) mass is 205 g/mol. The average Bonchev–Trinajstić information content (AvgIpc) is 2.60. The maximum Gasteiger partial charge on any atom is 0.241 e. The topological polar surface area (TPSA) is 92.0 Å². The summed E-state index contributed by atoms with van der Waals surface area (Å²) in [7, 11) is 1.60. The number of methoxy groups -OCH3 is 1. The molecule has 78 valence electrons. The van der Waals surface area contributed by atoms with Crippen LogP contribution in [-0.4, -0.2) is 22.0 Å². The van der Waals surface area contributed by atoms with Crippen LogP contribution in [0.4, 0.5) is 5.95 Å². The summed E-state index contributed by atoms with van der Waals surface area (Å²) in [5.41, 5.74) is 6.29. The van der Waals surface area contributed by atoms with Crippen molar-refractivity contribution in [3.8, 4) is 17.1 Å². The third-order valence-electron chi connectivity index (χ3n) is 2.05. The lowest BCUT2D eigenvalue weighted by Crippen LogP contribution is -2.13. The van der Waals surface area contributed by atoms with E-state index >= 15 is 0 Å². The van der Waals surface area contributed by atoms with Crippen molar-refractivity contribution in [3.63, 3.8) is 0 Å². The van der Waals surface area contributed by atoms with E-state index in [2.05, 4.69) is 10.2 Å². The molecular formula is C9H11N5O. The van der Waals surface area contributed by atoms with Crippen molar-refractivity contribution >= 4 is 5.95 Å². The Morgan fingerprint density at radius 3 is 2.73 bits per heavy atom. The van der Waals surface area contributed by atoms with Gasteiger partial charge in [-0.1, -0.05) is 12.1 Å². The van der Waals surface area contributed by atoms with Gasteiger partial charge in [-0.15, -0.1) is 10.2 Å². The minimum absolute atomic E-state index is 0.174. The molecule has 0 saturated carbocycles. The number of aromatic nitrogens is 3. The zero-order chi connectivity index (χ0) is 10.8. The first-order chi connectivity index (χ1) is 7.22. The molecule has 6 nitrogen and oxygen atoms in total. The maximum absolute atomic E-state index is 5.65. The zero-order valence-electron chi connectivity index (χ0n) is 8.21. The number of nitrogen functional groups attached to an aromatic ring is 2. The first-order valence-electron chi connectivity index (χ1n) is 4.33. The van der Waals surface area contributed by atoms with Crippen molar-refractivity contribution in [1.82, 2.24) is 14.9 Å². The van der Waals surface area contributed by atoms with E-state index < -0.39 is 0 Å². The fraction of sp³-hybridized carbons (Fsp3) is 0.111. The molecule has 0 spiro atoms. The number of hydrogen-bond donors (Lipinski definition) is 2. The lowest BCUT2D eigenvalue weighted by atomic mass is 10.2. The van der Waals surface area contributed by atoms with Crippen molar-refractivity contribution < 1.29 is 4.74 Å². The molecule has 6 heteroatoms. The van der Waals surface area contributed by atoms with Gasteiger partial charge in [-0.05, 0) is 12.1 Å². The number of nitrogens with two attached hydrogens (primary N) is 2. The number of anilines is 1. The number of hydrogen-bond acceptors (Lipinski definition) is 5. The van der Waals surface area contributed by atoms with Crippen LogP contribution in [0.2, 0.25) is 0 Å². The molecule has 0 radical (unpaired) electrons. The van der Waals surface area contributed by atoms with Crippen LogP contribution in [0, 0.1) is 0 Å². The van der Waals surface area contributed by atoms with Gasteiger partial charge >= 0.3 is 0 Å². The summed E-state index contributed by atoms with van der Waals surface area (Å²) < 4.78 is 6.32. The molecule has 0 aliphatic carbocycles. The molecule has 0 amide bonds. The van der Waals surface area contributed by atoms with E-state index in [9.17, 15) is 0 Å². The Morgan fingerprint density at radius 1 is 1.33 bits per heavy atom. The van der Waals surface area contributed by atoms with Crippen LogP contribution in [0.5, 0.6) is 5.75 Å². The highest BCUT2D eigenvalue weighted by molar-refractivity contribution is 5.59. The number of nitrogens with zero attached hydrogens (tertiary/aromatic N) is 3. The molecule has 15 heavy (non-hydrogen) atoms. The average molecular weight is 205 g/mol. The quantitative estimate of drug-likeness (QED) is 0.685. The molecule has 1 aromatic carbocycles. The van der Waals surface area contributed by atoms with Gasteiger partial charge in [0.05, 0.1) is 7.11 Å². The van der Waals surface area contributed by atoms with Crippen LogP contribution in [0.1, 0.15) is 0 Å². The molecule has 1 heterocycles. The number of rotatable bonds is 2. The molecule has 0 aliphatic heterocycles. The Hall–Kier alpha value is -2.24. The van der Waals surface area contributed by atoms with E-state index in [1.54, 1.807) is 7.11 Å². The Labute approximate surface area is 86.4 Å². The molecule has 0 unspecified atom stereocenters. The van der Waals surface area contributed by atoms with Crippen LogP contribution in [0.15, 0.2) is 24.3 Å². The maximum atomic E-state index is 5.65. The van der Waals surface area contributed by atoms with E-state index in [0.717, 1.165) is 11.3 Å². The summed E-state index contributed by atoms with van der Waals surface area (Å²) in [5, 5.41) is 7.54. The second-order valence-electron chi connectivity index (χ2n) is 2.98. The van der Waals surface area contributed by atoms with Gasteiger partial charge in [-0.2, -0.15) is 0 Å². The van der Waals surface area contributed by atoms with Crippen molar-refractivity contribution in [3.05, 3.63) is 24.3 Å². The summed E-state index contributed by atoms with van der Waals surface area (Å²) in [6, 6.07) is 7.35. The third kappa shape index (κ3) is 1.56. The Balaban J connectivity index is 2.49. The van der Waals surface area contributed by atoms with Crippen molar-refractivity contribution in [2.24, 2.45) is 0 Å². The largest absolute Gasteiger partial charge is 0.497 e. The van der Waals surface area contributed by atoms with Gasteiger partial charge in [0, 0.05) is 5.56 Å². The van der Waals surface area contributed by atoms with Crippen molar-refractivity contribution in [2.45, 2.75) is 0 Å². The van der Waals surface area contributed by atoms with E-state index in [-0.39, 0.29) is 5.95 Å². The van der Waals surface area contributed by atoms with Gasteiger partial charge in [0.2, 0.25) is 5.95 Å². The van der Waals surface area contributed by atoms with Crippen LogP contribution < -0.4 is 16.3 Å². The molecule has 0 saturated heterocycles. The standard InChI is InChI=1S/C9H11N5O/c1-15-7-4-2-3-6(5-7)8-12-13-9(10)14(8)11/h2-5H,11H2,1H3,(H2,10,13). The fourth-order valence-electron chi connectivity index (χ4n) is 1.26. The normalized spacial score (nSPS) is 10.2. The summed E-state index contributed by atoms with van der Waals surface area (Å²) in [5.74, 6) is 7.06. The molecule has 2 aromatic rings. The number of benzene rings is 1. The van der Waals surface area contributed by atoms with Crippen LogP contribution >= 0.6 is 0 Å². The summed E-state index contributed by atoms with van der Waals surface area (Å²) in [4.78, 5) is 0. The lowest BCUT2D eigenvalue weighted by molar-refractivity contribution is 0.415. The number of ether oxygens (including phenoxy) is 1. The molecule has 0 fully saturated rings. The Bertz CT molecular complexity index is 479. The zero-order valence-corrected chi connectivity index (χ0v) is 8.21. The minimum atomic E-state index is 0.174. The van der Waals surface area contributed by atoms with Gasteiger partial charge in [0.1, 0.15) is 5.75 Å². The van der Waals surface area contributed by atoms with Crippen molar-refractivity contribution in [1.29, 1.82) is 0 Å². The van der Waals surface area contributed by atoms with Crippen LogP contribution in [-0.2, 0) is 0 Å². The second-order valence-corrected chi connectivity index (χ2v) is 2.98. The smallest absolute Gasteiger partial charge is 0.241 e. The summed E-state index contributed by atoms with van der Waals surface area (Å²) in [6.45, 7) is 0. The van der Waals surface area contributed by atoms with Crippen LogP contribution in [0.3, 0.4) is 0 Å². The van der Waals surface area contributed by atoms with Gasteiger partial charge < -0.3 is 16.3 Å². The van der Waals surface area contributed by atoms with Gasteiger partial charge in [-0.25, -0.2) is 4.68 Å². The molecular weight excluding hydrogens is 194 g/mol. The minimum Gasteiger partial charge on any atom is -0.497 e. The van der Waals surface area contributed by atoms with E-state index in [4.69, 9.17) is 16.3 Å². The van der Waals surface area contributed by atoms with Gasteiger partial charge in [-0.3, -0.25) is 0 Å². The van der Waals surface area contributed by atoms with E-state index in [0.29, 0.717) is 5.82 Å². The summed E-state index contributed by atoms with van der Waals surface area (Å²) in [6.07, 6.45) is 0. The molecule has 2 rings (SSSR count). The molecule has 1 aromatic heterocycles. The molecule has 0 aliphatic rings. The highest BCUT2D eigenvalue weighted by atomic mass is 16.5. The second kappa shape index (κ2) is 3.49. The highest BCUT2D eigenvalue weighted by Crippen LogP contribution is 2.21. The van der Waals surface area contributed by atoms with E-state index in [1.165, 1.54) is 4.68 Å². The van der Waals surface area contributed by atoms with Crippen molar-refractivity contribution in [2.75, 3.05) is 18.7 Å². The Morgan fingerprint density at radius 2 is 2.13 bits per heavy atom.